The summed E-state index contributed by atoms with van der Waals surface area (Å²) >= 11 is 12.4. The molecule has 0 atom stereocenters. The number of nitrogens with one attached hydrogen (secondary N) is 1. The Morgan fingerprint density at radius 1 is 1.00 bits per heavy atom. The van der Waals surface area contributed by atoms with Crippen LogP contribution >= 0.6 is 23.2 Å². The molecule has 1 aliphatic rings. The van der Waals surface area contributed by atoms with E-state index in [0.717, 1.165) is 28.0 Å². The average molecular weight is 371 g/mol. The molecule has 3 aromatic rings. The zero-order valence-electron chi connectivity index (χ0n) is 13.9. The number of nitrogens with zero attached hydrogens (tertiary/aromatic N) is 1. The molecule has 1 heterocycles. The third kappa shape index (κ3) is 3.75. The predicted octanol–water partition coefficient (Wildman–Crippen LogP) is 7.13. The van der Waals surface area contributed by atoms with Gasteiger partial charge in [0.1, 0.15) is 5.82 Å². The van der Waals surface area contributed by atoms with Crippen LogP contribution in [-0.4, -0.2) is 9.97 Å². The average Bonchev–Trinajstić information content (AvgIpc) is 3.05. The van der Waals surface area contributed by atoms with Crippen LogP contribution < -0.4 is 0 Å². The summed E-state index contributed by atoms with van der Waals surface area (Å²) in [7, 11) is 0. The van der Waals surface area contributed by atoms with Gasteiger partial charge in [-0.25, -0.2) is 4.98 Å². The van der Waals surface area contributed by atoms with Gasteiger partial charge in [-0.15, -0.1) is 0 Å². The fourth-order valence-corrected chi connectivity index (χ4v) is 3.94. The molecule has 0 unspecified atom stereocenters. The summed E-state index contributed by atoms with van der Waals surface area (Å²) < 4.78 is 0. The summed E-state index contributed by atoms with van der Waals surface area (Å²) in [4.78, 5) is 8.10. The minimum absolute atomic E-state index is 0.678. The van der Waals surface area contributed by atoms with Gasteiger partial charge in [0.25, 0.3) is 0 Å². The Bertz CT molecular complexity index is 921. The normalized spacial score (nSPS) is 16.1. The molecule has 0 saturated heterocycles. The molecule has 0 spiro atoms. The van der Waals surface area contributed by atoms with Gasteiger partial charge in [-0.2, -0.15) is 0 Å². The number of imidazole rings is 1. The van der Waals surface area contributed by atoms with Crippen molar-refractivity contribution in [2.24, 2.45) is 5.92 Å². The van der Waals surface area contributed by atoms with Gasteiger partial charge >= 0.3 is 0 Å². The summed E-state index contributed by atoms with van der Waals surface area (Å²) in [5, 5.41) is 1.37. The molecule has 2 aromatic carbocycles. The standard InChI is InChI=1S/C21H20Cl2N2/c22-16-8-9-18(23)17(13-16)15-7-10-19-20(12-15)25-21(24-19)11-6-14-4-2-1-3-5-14/h6-14H,1-5H2,(H,24,25). The van der Waals surface area contributed by atoms with Crippen molar-refractivity contribution in [2.45, 2.75) is 32.1 Å². The number of fused-ring (bicyclic) bond motifs is 1. The van der Waals surface area contributed by atoms with Gasteiger partial charge in [-0.1, -0.05) is 54.6 Å². The lowest BCUT2D eigenvalue weighted by atomic mass is 9.89. The van der Waals surface area contributed by atoms with E-state index in [0.29, 0.717) is 16.0 Å². The first-order chi connectivity index (χ1) is 12.2. The van der Waals surface area contributed by atoms with E-state index in [-0.39, 0.29) is 0 Å². The van der Waals surface area contributed by atoms with E-state index in [2.05, 4.69) is 23.2 Å². The van der Waals surface area contributed by atoms with Crippen molar-refractivity contribution in [2.75, 3.05) is 0 Å². The van der Waals surface area contributed by atoms with Crippen LogP contribution in [0, 0.1) is 5.92 Å². The molecule has 2 nitrogen and oxygen atoms in total. The first-order valence-corrected chi connectivity index (χ1v) is 9.58. The molecule has 1 N–H and O–H groups in total. The third-order valence-corrected chi connectivity index (χ3v) is 5.48. The van der Waals surface area contributed by atoms with E-state index in [4.69, 9.17) is 28.2 Å². The minimum Gasteiger partial charge on any atom is -0.338 e. The van der Waals surface area contributed by atoms with E-state index in [1.165, 1.54) is 32.1 Å². The third-order valence-electron chi connectivity index (χ3n) is 4.92. The van der Waals surface area contributed by atoms with E-state index >= 15 is 0 Å². The van der Waals surface area contributed by atoms with Crippen molar-refractivity contribution in [3.8, 4) is 11.1 Å². The number of aromatic amines is 1. The lowest BCUT2D eigenvalue weighted by molar-refractivity contribution is 0.420. The quantitative estimate of drug-likeness (QED) is 0.521. The molecule has 25 heavy (non-hydrogen) atoms. The van der Waals surface area contributed by atoms with Gasteiger partial charge in [0.05, 0.1) is 11.0 Å². The lowest BCUT2D eigenvalue weighted by Crippen LogP contribution is -2.02. The van der Waals surface area contributed by atoms with Crippen molar-refractivity contribution in [3.63, 3.8) is 0 Å². The molecule has 0 bridgehead atoms. The SMILES string of the molecule is Clc1ccc(Cl)c(-c2ccc3[nH]c(C=CC4CCCCC4)nc3c2)c1. The molecule has 1 aromatic heterocycles. The summed E-state index contributed by atoms with van der Waals surface area (Å²) in [5.41, 5.74) is 3.93. The van der Waals surface area contributed by atoms with Crippen LogP contribution in [0.25, 0.3) is 28.2 Å². The predicted molar refractivity (Wildman–Crippen MR) is 107 cm³/mol. The van der Waals surface area contributed by atoms with Gasteiger partial charge in [0.2, 0.25) is 0 Å². The molecular weight excluding hydrogens is 351 g/mol. The largest absolute Gasteiger partial charge is 0.338 e. The molecule has 0 radical (unpaired) electrons. The smallest absolute Gasteiger partial charge is 0.130 e. The Labute approximate surface area is 157 Å². The van der Waals surface area contributed by atoms with Crippen LogP contribution in [0.15, 0.2) is 42.5 Å². The highest BCUT2D eigenvalue weighted by molar-refractivity contribution is 6.35. The van der Waals surface area contributed by atoms with Gasteiger partial charge in [-0.3, -0.25) is 0 Å². The Kier molecular flexibility index (Phi) is 4.82. The van der Waals surface area contributed by atoms with E-state index in [1.54, 1.807) is 6.07 Å². The number of H-pyrrole nitrogens is 1. The molecular formula is C21H20Cl2N2. The lowest BCUT2D eigenvalue weighted by Gasteiger charge is -2.17. The van der Waals surface area contributed by atoms with Gasteiger partial charge in [-0.05, 0) is 60.7 Å². The van der Waals surface area contributed by atoms with Crippen LogP contribution in [0.1, 0.15) is 37.9 Å². The second-order valence-corrected chi connectivity index (χ2v) is 7.58. The number of hydrogen-bond acceptors (Lipinski definition) is 1. The summed E-state index contributed by atoms with van der Waals surface area (Å²) in [6.45, 7) is 0. The fraction of sp³-hybridized carbons (Fsp3) is 0.286. The molecule has 128 valence electrons. The molecule has 1 saturated carbocycles. The number of halogens is 2. The van der Waals surface area contributed by atoms with Gasteiger partial charge in [0, 0.05) is 15.6 Å². The van der Waals surface area contributed by atoms with Crippen molar-refractivity contribution >= 4 is 40.3 Å². The second kappa shape index (κ2) is 7.23. The molecule has 1 aliphatic carbocycles. The van der Waals surface area contributed by atoms with Crippen LogP contribution in [0.5, 0.6) is 0 Å². The highest BCUT2D eigenvalue weighted by atomic mass is 35.5. The van der Waals surface area contributed by atoms with Gasteiger partial charge < -0.3 is 4.98 Å². The zero-order valence-corrected chi connectivity index (χ0v) is 15.4. The molecule has 1 fully saturated rings. The van der Waals surface area contributed by atoms with Crippen molar-refractivity contribution < 1.29 is 0 Å². The van der Waals surface area contributed by atoms with Crippen molar-refractivity contribution in [3.05, 3.63) is 58.3 Å². The van der Waals surface area contributed by atoms with E-state index in [9.17, 15) is 0 Å². The summed E-state index contributed by atoms with van der Waals surface area (Å²) in [6.07, 6.45) is 11.1. The maximum Gasteiger partial charge on any atom is 0.130 e. The summed E-state index contributed by atoms with van der Waals surface area (Å²) in [5.74, 6) is 1.61. The van der Waals surface area contributed by atoms with Crippen molar-refractivity contribution in [1.82, 2.24) is 9.97 Å². The van der Waals surface area contributed by atoms with Gasteiger partial charge in [0.15, 0.2) is 0 Å². The highest BCUT2D eigenvalue weighted by Crippen LogP contribution is 2.32. The maximum absolute atomic E-state index is 6.32. The Balaban J connectivity index is 1.63. The number of rotatable bonds is 3. The fourth-order valence-electron chi connectivity index (χ4n) is 3.54. The molecule has 0 aliphatic heterocycles. The minimum atomic E-state index is 0.678. The van der Waals surface area contributed by atoms with E-state index in [1.807, 2.05) is 24.3 Å². The monoisotopic (exact) mass is 370 g/mol. The zero-order chi connectivity index (χ0) is 17.2. The Hall–Kier alpha value is -1.77. The van der Waals surface area contributed by atoms with Crippen LogP contribution in [-0.2, 0) is 0 Å². The number of hydrogen-bond donors (Lipinski definition) is 1. The summed E-state index contributed by atoms with van der Waals surface area (Å²) in [6, 6.07) is 11.7. The molecule has 0 amide bonds. The number of allylic oxidation sites excluding steroid dienone is 1. The Morgan fingerprint density at radius 3 is 2.68 bits per heavy atom. The second-order valence-electron chi connectivity index (χ2n) is 6.74. The molecule has 4 rings (SSSR count). The maximum atomic E-state index is 6.32. The van der Waals surface area contributed by atoms with Crippen LogP contribution in [0.2, 0.25) is 10.0 Å². The first kappa shape index (κ1) is 16.7. The van der Waals surface area contributed by atoms with E-state index < -0.39 is 0 Å². The first-order valence-electron chi connectivity index (χ1n) is 8.82. The van der Waals surface area contributed by atoms with Crippen molar-refractivity contribution in [1.29, 1.82) is 0 Å². The topological polar surface area (TPSA) is 28.7 Å². The Morgan fingerprint density at radius 2 is 1.84 bits per heavy atom. The number of benzene rings is 2. The van der Waals surface area contributed by atoms with Crippen LogP contribution in [0.4, 0.5) is 0 Å². The van der Waals surface area contributed by atoms with Crippen LogP contribution in [0.3, 0.4) is 0 Å². The highest BCUT2D eigenvalue weighted by Gasteiger charge is 2.11. The molecule has 4 heteroatoms. The number of aromatic nitrogens is 2.